The summed E-state index contributed by atoms with van der Waals surface area (Å²) in [6, 6.07) is 1.17. The predicted molar refractivity (Wildman–Crippen MR) is 73.0 cm³/mol. The van der Waals surface area contributed by atoms with E-state index in [2.05, 4.69) is 0 Å². The van der Waals surface area contributed by atoms with Gasteiger partial charge in [-0.15, -0.1) is 0 Å². The summed E-state index contributed by atoms with van der Waals surface area (Å²) >= 11 is 0. The molecule has 1 aliphatic rings. The maximum absolute atomic E-state index is 12.5. The Balaban J connectivity index is 2.34. The van der Waals surface area contributed by atoms with E-state index in [1.165, 1.54) is 23.9 Å². The Hall–Kier alpha value is -1.87. The molecule has 0 aliphatic heterocycles. The van der Waals surface area contributed by atoms with Gasteiger partial charge in [-0.25, -0.2) is 8.42 Å². The molecule has 1 heterocycles. The molecule has 0 atom stereocenters. The van der Waals surface area contributed by atoms with Crippen LogP contribution < -0.4 is 5.73 Å². The van der Waals surface area contributed by atoms with Gasteiger partial charge in [-0.3, -0.25) is 9.59 Å². The average molecular weight is 315 g/mol. The molecule has 1 aliphatic carbocycles. The summed E-state index contributed by atoms with van der Waals surface area (Å²) in [5.41, 5.74) is 5.21. The number of carboxylic acid groups (broad SMARTS) is 1. The molecule has 3 N–H and O–H groups in total. The first kappa shape index (κ1) is 15.5. The summed E-state index contributed by atoms with van der Waals surface area (Å²) < 4.78 is 27.3. The Kier molecular flexibility index (Phi) is 4.06. The summed E-state index contributed by atoms with van der Waals surface area (Å²) in [6.07, 6.45) is 3.05. The van der Waals surface area contributed by atoms with Crippen molar-refractivity contribution in [1.82, 2.24) is 8.87 Å². The van der Waals surface area contributed by atoms with Crippen LogP contribution in [0.15, 0.2) is 17.2 Å². The largest absolute Gasteiger partial charge is 0.480 e. The maximum atomic E-state index is 12.5. The lowest BCUT2D eigenvalue weighted by Gasteiger charge is -2.19. The molecule has 0 bridgehead atoms. The van der Waals surface area contributed by atoms with E-state index < -0.39 is 28.4 Å². The van der Waals surface area contributed by atoms with Crippen molar-refractivity contribution in [2.75, 3.05) is 13.1 Å². The summed E-state index contributed by atoms with van der Waals surface area (Å²) in [7, 11) is -2.46. The monoisotopic (exact) mass is 315 g/mol. The van der Waals surface area contributed by atoms with Gasteiger partial charge in [0.05, 0.1) is 0 Å². The Morgan fingerprint density at radius 1 is 1.48 bits per heavy atom. The Bertz CT molecular complexity index is 675. The molecule has 8 nitrogen and oxygen atoms in total. The SMILES string of the molecule is Cn1cc(S(=O)(=O)N(CC(=O)O)CC2CC2)cc1C(N)=O. The highest BCUT2D eigenvalue weighted by atomic mass is 32.2. The summed E-state index contributed by atoms with van der Waals surface area (Å²) in [6.45, 7) is -0.422. The lowest BCUT2D eigenvalue weighted by Crippen LogP contribution is -2.37. The highest BCUT2D eigenvalue weighted by Crippen LogP contribution is 2.31. The molecule has 1 aromatic heterocycles. The van der Waals surface area contributed by atoms with Crippen LogP contribution in [0.1, 0.15) is 23.3 Å². The Morgan fingerprint density at radius 2 is 2.10 bits per heavy atom. The smallest absolute Gasteiger partial charge is 0.318 e. The zero-order chi connectivity index (χ0) is 15.8. The van der Waals surface area contributed by atoms with Crippen LogP contribution in [0.4, 0.5) is 0 Å². The molecule has 1 fully saturated rings. The topological polar surface area (TPSA) is 123 Å². The summed E-state index contributed by atoms with van der Waals surface area (Å²) in [5, 5.41) is 8.89. The second-order valence-electron chi connectivity index (χ2n) is 5.17. The molecule has 1 saturated carbocycles. The third-order valence-electron chi connectivity index (χ3n) is 3.34. The van der Waals surface area contributed by atoms with Crippen LogP contribution in [-0.2, 0) is 21.9 Å². The van der Waals surface area contributed by atoms with Gasteiger partial charge in [0, 0.05) is 19.8 Å². The first-order chi connectivity index (χ1) is 9.71. The fraction of sp³-hybridized carbons (Fsp3) is 0.500. The minimum atomic E-state index is -3.96. The minimum Gasteiger partial charge on any atom is -0.480 e. The Labute approximate surface area is 122 Å². The van der Waals surface area contributed by atoms with Crippen LogP contribution in [0, 0.1) is 5.92 Å². The van der Waals surface area contributed by atoms with E-state index >= 15 is 0 Å². The molecule has 0 spiro atoms. The molecule has 116 valence electrons. The number of carbonyl (C=O) groups is 2. The number of nitrogens with zero attached hydrogens (tertiary/aromatic N) is 2. The maximum Gasteiger partial charge on any atom is 0.318 e. The molecular weight excluding hydrogens is 298 g/mol. The van der Waals surface area contributed by atoms with Crippen LogP contribution in [0.2, 0.25) is 0 Å². The number of aliphatic carboxylic acids is 1. The van der Waals surface area contributed by atoms with Crippen LogP contribution in [0.3, 0.4) is 0 Å². The summed E-state index contributed by atoms with van der Waals surface area (Å²) in [5.74, 6) is -1.75. The first-order valence-corrected chi connectivity index (χ1v) is 7.84. The zero-order valence-corrected chi connectivity index (χ0v) is 12.3. The number of aryl methyl sites for hydroxylation is 1. The van der Waals surface area contributed by atoms with Crippen LogP contribution in [-0.4, -0.2) is 47.4 Å². The van der Waals surface area contributed by atoms with Gasteiger partial charge in [-0.05, 0) is 24.8 Å². The number of carbonyl (C=O) groups excluding carboxylic acids is 1. The molecule has 0 saturated heterocycles. The van der Waals surface area contributed by atoms with Crippen molar-refractivity contribution in [3.8, 4) is 0 Å². The molecule has 1 aromatic rings. The first-order valence-electron chi connectivity index (χ1n) is 6.40. The second kappa shape index (κ2) is 5.49. The van der Waals surface area contributed by atoms with Crippen molar-refractivity contribution in [3.05, 3.63) is 18.0 Å². The number of rotatable bonds is 7. The number of sulfonamides is 1. The van der Waals surface area contributed by atoms with Gasteiger partial charge in [0.25, 0.3) is 5.91 Å². The molecule has 0 unspecified atom stereocenters. The number of hydrogen-bond donors (Lipinski definition) is 2. The van der Waals surface area contributed by atoms with Crippen molar-refractivity contribution >= 4 is 21.9 Å². The standard InChI is InChI=1S/C12H17N3O5S/c1-14-6-9(4-10(14)12(13)18)21(19,20)15(7-11(16)17)5-8-2-3-8/h4,6,8H,2-3,5,7H2,1H3,(H2,13,18)(H,16,17). The van der Waals surface area contributed by atoms with Gasteiger partial charge in [-0.2, -0.15) is 4.31 Å². The van der Waals surface area contributed by atoms with E-state index in [4.69, 9.17) is 10.8 Å². The van der Waals surface area contributed by atoms with E-state index in [1.807, 2.05) is 0 Å². The number of carboxylic acids is 1. The highest BCUT2D eigenvalue weighted by Gasteiger charge is 2.34. The second-order valence-corrected chi connectivity index (χ2v) is 7.11. The summed E-state index contributed by atoms with van der Waals surface area (Å²) in [4.78, 5) is 22.0. The van der Waals surface area contributed by atoms with Gasteiger partial charge >= 0.3 is 5.97 Å². The molecular formula is C12H17N3O5S. The van der Waals surface area contributed by atoms with Crippen molar-refractivity contribution in [2.45, 2.75) is 17.7 Å². The van der Waals surface area contributed by atoms with Crippen molar-refractivity contribution in [3.63, 3.8) is 0 Å². The third-order valence-corrected chi connectivity index (χ3v) is 5.12. The molecule has 2 rings (SSSR count). The number of amides is 1. The van der Waals surface area contributed by atoms with Crippen LogP contribution in [0.25, 0.3) is 0 Å². The highest BCUT2D eigenvalue weighted by molar-refractivity contribution is 7.89. The van der Waals surface area contributed by atoms with Gasteiger partial charge in [0.2, 0.25) is 10.0 Å². The Morgan fingerprint density at radius 3 is 2.52 bits per heavy atom. The van der Waals surface area contributed by atoms with E-state index in [0.717, 1.165) is 17.1 Å². The fourth-order valence-corrected chi connectivity index (χ4v) is 3.59. The number of primary amides is 1. The lowest BCUT2D eigenvalue weighted by molar-refractivity contribution is -0.137. The van der Waals surface area contributed by atoms with E-state index in [9.17, 15) is 18.0 Å². The van der Waals surface area contributed by atoms with Gasteiger partial charge in [-0.1, -0.05) is 0 Å². The predicted octanol–water partition coefficient (Wildman–Crippen LogP) is -0.391. The number of aromatic nitrogens is 1. The molecule has 21 heavy (non-hydrogen) atoms. The lowest BCUT2D eigenvalue weighted by atomic mass is 10.4. The van der Waals surface area contributed by atoms with Crippen LogP contribution >= 0.6 is 0 Å². The van der Waals surface area contributed by atoms with Crippen molar-refractivity contribution < 1.29 is 23.1 Å². The minimum absolute atomic E-state index is 0.0512. The average Bonchev–Trinajstić information content (AvgIpc) is 3.07. The van der Waals surface area contributed by atoms with E-state index in [1.54, 1.807) is 0 Å². The zero-order valence-electron chi connectivity index (χ0n) is 11.5. The van der Waals surface area contributed by atoms with E-state index in [-0.39, 0.29) is 23.1 Å². The molecule has 9 heteroatoms. The number of nitrogens with two attached hydrogens (primary N) is 1. The van der Waals surface area contributed by atoms with Gasteiger partial charge < -0.3 is 15.4 Å². The number of hydrogen-bond acceptors (Lipinski definition) is 4. The van der Waals surface area contributed by atoms with Crippen LogP contribution in [0.5, 0.6) is 0 Å². The van der Waals surface area contributed by atoms with Gasteiger partial charge in [0.15, 0.2) is 0 Å². The third kappa shape index (κ3) is 3.42. The van der Waals surface area contributed by atoms with Crippen molar-refractivity contribution in [2.24, 2.45) is 18.7 Å². The normalized spacial score (nSPS) is 15.3. The molecule has 0 radical (unpaired) electrons. The molecule has 0 aromatic carbocycles. The van der Waals surface area contributed by atoms with Gasteiger partial charge in [0.1, 0.15) is 17.1 Å². The van der Waals surface area contributed by atoms with E-state index in [0.29, 0.717) is 0 Å². The quantitative estimate of drug-likeness (QED) is 0.709. The van der Waals surface area contributed by atoms with Crippen molar-refractivity contribution in [1.29, 1.82) is 0 Å². The fourth-order valence-electron chi connectivity index (χ4n) is 2.06. The molecule has 1 amide bonds.